The molecule has 2 heteroatoms. The predicted octanol–water partition coefficient (Wildman–Crippen LogP) is 4.90. The first-order valence-corrected chi connectivity index (χ1v) is 9.92. The van der Waals surface area contributed by atoms with Crippen molar-refractivity contribution in [2.45, 2.75) is 49.6 Å². The van der Waals surface area contributed by atoms with Gasteiger partial charge in [-0.1, -0.05) is 60.7 Å². The molecule has 2 aromatic rings. The highest BCUT2D eigenvalue weighted by Crippen LogP contribution is 2.47. The van der Waals surface area contributed by atoms with E-state index < -0.39 is 5.41 Å². The Morgan fingerprint density at radius 1 is 0.885 bits per heavy atom. The minimum Gasteiger partial charge on any atom is -0.324 e. The minimum absolute atomic E-state index is 0.541. The molecule has 0 spiro atoms. The van der Waals surface area contributed by atoms with Gasteiger partial charge in [-0.15, -0.1) is 0 Å². The van der Waals surface area contributed by atoms with Crippen LogP contribution in [0.3, 0.4) is 0 Å². The van der Waals surface area contributed by atoms with Crippen LogP contribution in [0.4, 0.5) is 0 Å². The Hall–Kier alpha value is -2.11. The van der Waals surface area contributed by atoms with E-state index in [-0.39, 0.29) is 0 Å². The van der Waals surface area contributed by atoms with Gasteiger partial charge in [0.2, 0.25) is 0 Å². The van der Waals surface area contributed by atoms with Crippen LogP contribution in [0.2, 0.25) is 0 Å². The summed E-state index contributed by atoms with van der Waals surface area (Å²) in [7, 11) is 4.81. The van der Waals surface area contributed by atoms with Crippen molar-refractivity contribution in [2.75, 3.05) is 14.1 Å². The Labute approximate surface area is 157 Å². The first-order valence-electron chi connectivity index (χ1n) is 9.92. The van der Waals surface area contributed by atoms with E-state index >= 15 is 0 Å². The Bertz CT molecular complexity index is 732. The zero-order valence-corrected chi connectivity index (χ0v) is 15.9. The summed E-state index contributed by atoms with van der Waals surface area (Å²) in [5.74, 6) is 0.624. The van der Waals surface area contributed by atoms with Gasteiger partial charge in [0, 0.05) is 25.7 Å². The van der Waals surface area contributed by atoms with Gasteiger partial charge in [-0.3, -0.25) is 0 Å². The number of nitriles is 1. The molecular weight excluding hydrogens is 316 g/mol. The van der Waals surface area contributed by atoms with Gasteiger partial charge in [-0.2, -0.15) is 5.26 Å². The van der Waals surface area contributed by atoms with Gasteiger partial charge < -0.3 is 4.48 Å². The van der Waals surface area contributed by atoms with Crippen LogP contribution >= 0.6 is 0 Å². The lowest BCUT2D eigenvalue weighted by Gasteiger charge is -2.45. The zero-order valence-electron chi connectivity index (χ0n) is 15.9. The molecule has 2 aliphatic rings. The molecule has 0 saturated carbocycles. The summed E-state index contributed by atoms with van der Waals surface area (Å²) in [4.78, 5) is 0. The Morgan fingerprint density at radius 3 is 1.77 bits per heavy atom. The molecular formula is C24H29N2+. The zero-order chi connectivity index (χ0) is 18.2. The number of benzene rings is 2. The van der Waals surface area contributed by atoms with Crippen LogP contribution in [-0.4, -0.2) is 30.7 Å². The minimum atomic E-state index is -0.541. The highest BCUT2D eigenvalue weighted by molar-refractivity contribution is 5.45. The molecule has 2 aromatic carbocycles. The average Bonchev–Trinajstić information content (AvgIpc) is 2.85. The van der Waals surface area contributed by atoms with Crippen molar-refractivity contribution in [3.63, 3.8) is 0 Å². The van der Waals surface area contributed by atoms with Crippen LogP contribution in [0.1, 0.15) is 43.2 Å². The van der Waals surface area contributed by atoms with Crippen LogP contribution in [0.15, 0.2) is 60.7 Å². The Kier molecular flexibility index (Phi) is 4.37. The van der Waals surface area contributed by atoms with Crippen LogP contribution in [-0.2, 0) is 5.41 Å². The molecule has 0 aliphatic carbocycles. The number of hydrogen-bond donors (Lipinski definition) is 0. The van der Waals surface area contributed by atoms with E-state index in [4.69, 9.17) is 0 Å². The van der Waals surface area contributed by atoms with Crippen LogP contribution in [0.5, 0.6) is 0 Å². The summed E-state index contributed by atoms with van der Waals surface area (Å²) in [5.41, 5.74) is 1.74. The summed E-state index contributed by atoms with van der Waals surface area (Å²) in [6, 6.07) is 25.2. The first kappa shape index (κ1) is 17.3. The van der Waals surface area contributed by atoms with E-state index in [0.717, 1.165) is 29.6 Å². The second-order valence-electron chi connectivity index (χ2n) is 8.80. The van der Waals surface area contributed by atoms with Crippen LogP contribution in [0, 0.1) is 17.2 Å². The van der Waals surface area contributed by atoms with Gasteiger partial charge in [0.1, 0.15) is 5.41 Å². The third-order valence-corrected chi connectivity index (χ3v) is 7.25. The monoisotopic (exact) mass is 345 g/mol. The van der Waals surface area contributed by atoms with E-state index in [1.165, 1.54) is 30.2 Å². The molecule has 3 atom stereocenters. The van der Waals surface area contributed by atoms with Crippen molar-refractivity contribution in [1.29, 1.82) is 5.26 Å². The Morgan fingerprint density at radius 2 is 1.35 bits per heavy atom. The molecule has 2 bridgehead atoms. The number of piperidine rings is 1. The van der Waals surface area contributed by atoms with Crippen molar-refractivity contribution in [3.05, 3.63) is 71.8 Å². The van der Waals surface area contributed by atoms with E-state index in [1.807, 2.05) is 12.1 Å². The topological polar surface area (TPSA) is 23.8 Å². The number of quaternary nitrogens is 1. The number of hydrogen-bond acceptors (Lipinski definition) is 1. The third-order valence-electron chi connectivity index (χ3n) is 7.25. The van der Waals surface area contributed by atoms with E-state index in [2.05, 4.69) is 68.7 Å². The number of rotatable bonds is 4. The molecule has 2 aliphatic heterocycles. The lowest BCUT2D eigenvalue weighted by Crippen LogP contribution is -2.55. The highest BCUT2D eigenvalue weighted by atomic mass is 15.4. The summed E-state index contributed by atoms with van der Waals surface area (Å²) in [5, 5.41) is 10.4. The summed E-state index contributed by atoms with van der Waals surface area (Å²) < 4.78 is 1.19. The standard InChI is InChI=1S/C24H29N2/c1-26(2)22-13-14-23(26)16-19(15-22)17-24(18-25,20-9-5-3-6-10-20)21-11-7-4-8-12-21/h3-12,19,22-23H,13-17H2,1-2H3/q+1/t19-,22+,23-. The molecule has 2 fully saturated rings. The van der Waals surface area contributed by atoms with Gasteiger partial charge in [0.15, 0.2) is 0 Å². The molecule has 0 amide bonds. The summed E-state index contributed by atoms with van der Waals surface area (Å²) >= 11 is 0. The molecule has 0 unspecified atom stereocenters. The fraction of sp³-hybridized carbons (Fsp3) is 0.458. The highest BCUT2D eigenvalue weighted by Gasteiger charge is 2.50. The normalized spacial score (nSPS) is 27.0. The Balaban J connectivity index is 1.70. The van der Waals surface area contributed by atoms with Crippen molar-refractivity contribution in [1.82, 2.24) is 0 Å². The molecule has 2 saturated heterocycles. The molecule has 2 nitrogen and oxygen atoms in total. The van der Waals surface area contributed by atoms with Gasteiger partial charge >= 0.3 is 0 Å². The van der Waals surface area contributed by atoms with Gasteiger partial charge in [-0.25, -0.2) is 0 Å². The van der Waals surface area contributed by atoms with E-state index in [1.54, 1.807) is 0 Å². The van der Waals surface area contributed by atoms with E-state index in [0.29, 0.717) is 5.92 Å². The van der Waals surface area contributed by atoms with Gasteiger partial charge in [0.25, 0.3) is 0 Å². The predicted molar refractivity (Wildman–Crippen MR) is 106 cm³/mol. The SMILES string of the molecule is C[N+]1(C)[C@@H]2CC[C@H]1C[C@@H](CC(C#N)(c1ccccc1)c1ccccc1)C2. The van der Waals surface area contributed by atoms with Gasteiger partial charge in [0.05, 0.1) is 32.2 Å². The largest absolute Gasteiger partial charge is 0.324 e. The molecule has 0 radical (unpaired) electrons. The lowest BCUT2D eigenvalue weighted by molar-refractivity contribution is -0.931. The first-order chi connectivity index (χ1) is 12.6. The van der Waals surface area contributed by atoms with Crippen molar-refractivity contribution in [3.8, 4) is 6.07 Å². The second-order valence-corrected chi connectivity index (χ2v) is 8.80. The van der Waals surface area contributed by atoms with Crippen LogP contribution < -0.4 is 0 Å². The smallest absolute Gasteiger partial charge is 0.107 e. The fourth-order valence-corrected chi connectivity index (χ4v) is 5.62. The fourth-order valence-electron chi connectivity index (χ4n) is 5.62. The molecule has 134 valence electrons. The summed E-state index contributed by atoms with van der Waals surface area (Å²) in [6.07, 6.45) is 6.15. The van der Waals surface area contributed by atoms with Crippen molar-refractivity contribution >= 4 is 0 Å². The molecule has 26 heavy (non-hydrogen) atoms. The number of nitrogens with zero attached hydrogens (tertiary/aromatic N) is 2. The second kappa shape index (κ2) is 6.56. The summed E-state index contributed by atoms with van der Waals surface area (Å²) in [6.45, 7) is 0. The maximum atomic E-state index is 10.4. The van der Waals surface area contributed by atoms with Gasteiger partial charge in [-0.05, 0) is 23.5 Å². The van der Waals surface area contributed by atoms with Crippen molar-refractivity contribution < 1.29 is 4.48 Å². The quantitative estimate of drug-likeness (QED) is 0.723. The molecule has 0 N–H and O–H groups in total. The van der Waals surface area contributed by atoms with Crippen LogP contribution in [0.25, 0.3) is 0 Å². The maximum absolute atomic E-state index is 10.4. The molecule has 2 heterocycles. The third kappa shape index (κ3) is 2.75. The number of fused-ring (bicyclic) bond motifs is 2. The molecule has 4 rings (SSSR count). The lowest BCUT2D eigenvalue weighted by atomic mass is 9.67. The van der Waals surface area contributed by atoms with Crippen molar-refractivity contribution in [2.24, 2.45) is 5.92 Å². The van der Waals surface area contributed by atoms with E-state index in [9.17, 15) is 5.26 Å². The molecule has 0 aromatic heterocycles. The maximum Gasteiger partial charge on any atom is 0.107 e. The average molecular weight is 346 g/mol.